The lowest BCUT2D eigenvalue weighted by molar-refractivity contribution is 0.0453. The van der Waals surface area contributed by atoms with E-state index in [1.807, 2.05) is 0 Å². The maximum atomic E-state index is 5.76. The van der Waals surface area contributed by atoms with Crippen molar-refractivity contribution < 1.29 is 4.74 Å². The van der Waals surface area contributed by atoms with Crippen LogP contribution in [0.1, 0.15) is 18.9 Å². The second-order valence-corrected chi connectivity index (χ2v) is 4.99. The lowest BCUT2D eigenvalue weighted by Crippen LogP contribution is -2.30. The Morgan fingerprint density at radius 2 is 2.14 bits per heavy atom. The summed E-state index contributed by atoms with van der Waals surface area (Å²) in [6.45, 7) is 1.64. The van der Waals surface area contributed by atoms with E-state index in [0.29, 0.717) is 17.2 Å². The van der Waals surface area contributed by atoms with E-state index in [4.69, 9.17) is 10.5 Å². The van der Waals surface area contributed by atoms with Crippen LogP contribution >= 0.6 is 11.8 Å². The van der Waals surface area contributed by atoms with Crippen LogP contribution in [0.2, 0.25) is 0 Å². The highest BCUT2D eigenvalue weighted by Crippen LogP contribution is 2.40. The summed E-state index contributed by atoms with van der Waals surface area (Å²) in [6.07, 6.45) is 2.41. The topological polar surface area (TPSA) is 66.0 Å². The van der Waals surface area contributed by atoms with Crippen LogP contribution in [0.15, 0.2) is 5.16 Å². The third-order valence-corrected chi connectivity index (χ3v) is 3.58. The smallest absolute Gasteiger partial charge is 0.222 e. The number of rotatable bonds is 3. The molecule has 1 aliphatic heterocycles. The first-order valence-electron chi connectivity index (χ1n) is 4.79. The van der Waals surface area contributed by atoms with Gasteiger partial charge in [0.05, 0.1) is 18.5 Å². The number of nitrogens with two attached hydrogens (primary N) is 1. The third kappa shape index (κ3) is 1.38. The number of thioether (sulfide) groups is 1. The molecule has 14 heavy (non-hydrogen) atoms. The minimum atomic E-state index is 0.538. The van der Waals surface area contributed by atoms with Crippen LogP contribution in [0.5, 0.6) is 0 Å². The minimum absolute atomic E-state index is 0.538. The first kappa shape index (κ1) is 8.55. The Kier molecular flexibility index (Phi) is 1.91. The maximum absolute atomic E-state index is 5.76. The summed E-state index contributed by atoms with van der Waals surface area (Å²) in [4.78, 5) is 0. The summed E-state index contributed by atoms with van der Waals surface area (Å²) >= 11 is 1.73. The lowest BCUT2D eigenvalue weighted by atomic mass is 10.4. The molecule has 0 aromatic carbocycles. The number of nitrogen functional groups attached to an aromatic ring is 1. The quantitative estimate of drug-likeness (QED) is 0.798. The molecule has 76 valence electrons. The molecule has 0 bridgehead atoms. The van der Waals surface area contributed by atoms with Crippen LogP contribution in [-0.2, 0) is 4.74 Å². The zero-order valence-electron chi connectivity index (χ0n) is 7.72. The van der Waals surface area contributed by atoms with Gasteiger partial charge in [-0.1, -0.05) is 11.8 Å². The maximum Gasteiger partial charge on any atom is 0.222 e. The molecule has 0 unspecified atom stereocenters. The first-order chi connectivity index (χ1) is 6.84. The van der Waals surface area contributed by atoms with Gasteiger partial charge in [0.25, 0.3) is 0 Å². The molecule has 0 amide bonds. The van der Waals surface area contributed by atoms with E-state index in [-0.39, 0.29) is 0 Å². The molecular weight excluding hydrogens is 200 g/mol. The van der Waals surface area contributed by atoms with Gasteiger partial charge in [-0.2, -0.15) is 0 Å². The van der Waals surface area contributed by atoms with E-state index in [0.717, 1.165) is 18.4 Å². The number of anilines is 1. The Morgan fingerprint density at radius 1 is 1.36 bits per heavy atom. The van der Waals surface area contributed by atoms with Gasteiger partial charge < -0.3 is 10.5 Å². The summed E-state index contributed by atoms with van der Waals surface area (Å²) in [5, 5.41) is 9.51. The Hall–Kier alpha value is -0.750. The standard InChI is InChI=1S/C8H12N4OS/c9-7-10-11-8(12(7)5-1-2-5)14-6-3-13-4-6/h5-6H,1-4H2,(H2,9,10). The molecule has 2 fully saturated rings. The molecular formula is C8H12N4OS. The van der Waals surface area contributed by atoms with Crippen LogP contribution in [-0.4, -0.2) is 33.2 Å². The Labute approximate surface area is 86.0 Å². The second-order valence-electron chi connectivity index (χ2n) is 3.72. The zero-order valence-corrected chi connectivity index (χ0v) is 8.54. The molecule has 1 aliphatic carbocycles. The van der Waals surface area contributed by atoms with Crippen molar-refractivity contribution in [1.82, 2.24) is 14.8 Å². The largest absolute Gasteiger partial charge is 0.379 e. The Morgan fingerprint density at radius 3 is 2.71 bits per heavy atom. The van der Waals surface area contributed by atoms with E-state index < -0.39 is 0 Å². The molecule has 2 aliphatic rings. The van der Waals surface area contributed by atoms with Gasteiger partial charge in [-0.3, -0.25) is 4.57 Å². The van der Waals surface area contributed by atoms with Gasteiger partial charge in [-0.25, -0.2) is 0 Å². The summed E-state index contributed by atoms with van der Waals surface area (Å²) < 4.78 is 7.18. The molecule has 1 aromatic rings. The van der Waals surface area contributed by atoms with Crippen molar-refractivity contribution in [2.24, 2.45) is 0 Å². The molecule has 2 N–H and O–H groups in total. The van der Waals surface area contributed by atoms with E-state index in [2.05, 4.69) is 14.8 Å². The molecule has 0 radical (unpaired) electrons. The zero-order chi connectivity index (χ0) is 9.54. The van der Waals surface area contributed by atoms with Gasteiger partial charge in [0, 0.05) is 6.04 Å². The van der Waals surface area contributed by atoms with E-state index in [1.165, 1.54) is 12.8 Å². The molecule has 0 atom stereocenters. The lowest BCUT2D eigenvalue weighted by Gasteiger charge is -2.24. The van der Waals surface area contributed by atoms with Crippen LogP contribution < -0.4 is 5.73 Å². The predicted molar refractivity (Wildman–Crippen MR) is 53.2 cm³/mol. The third-order valence-electron chi connectivity index (χ3n) is 2.48. The number of nitrogens with zero attached hydrogens (tertiary/aromatic N) is 3. The number of hydrogen-bond acceptors (Lipinski definition) is 5. The van der Waals surface area contributed by atoms with Crippen molar-refractivity contribution in [3.8, 4) is 0 Å². The normalized spacial score (nSPS) is 22.3. The predicted octanol–water partition coefficient (Wildman–Crippen LogP) is 0.686. The van der Waals surface area contributed by atoms with Crippen molar-refractivity contribution >= 4 is 17.7 Å². The second kappa shape index (κ2) is 3.13. The fourth-order valence-corrected chi connectivity index (χ4v) is 2.55. The molecule has 0 spiro atoms. The average molecular weight is 212 g/mol. The van der Waals surface area contributed by atoms with Gasteiger partial charge in [0.1, 0.15) is 0 Å². The first-order valence-corrected chi connectivity index (χ1v) is 5.67. The highest BCUT2D eigenvalue weighted by Gasteiger charge is 2.31. The average Bonchev–Trinajstić information content (AvgIpc) is 2.85. The highest BCUT2D eigenvalue weighted by atomic mass is 32.2. The van der Waals surface area contributed by atoms with E-state index in [9.17, 15) is 0 Å². The molecule has 1 saturated carbocycles. The number of aromatic nitrogens is 3. The van der Waals surface area contributed by atoms with Gasteiger partial charge >= 0.3 is 0 Å². The number of hydrogen-bond donors (Lipinski definition) is 1. The number of ether oxygens (including phenoxy) is 1. The molecule has 6 heteroatoms. The summed E-state index contributed by atoms with van der Waals surface area (Å²) in [5.41, 5.74) is 5.76. The van der Waals surface area contributed by atoms with E-state index >= 15 is 0 Å². The fourth-order valence-electron chi connectivity index (χ4n) is 1.48. The van der Waals surface area contributed by atoms with Gasteiger partial charge in [-0.15, -0.1) is 10.2 Å². The SMILES string of the molecule is Nc1nnc(SC2COC2)n1C1CC1. The van der Waals surface area contributed by atoms with Crippen molar-refractivity contribution in [3.63, 3.8) is 0 Å². The van der Waals surface area contributed by atoms with Crippen LogP contribution in [0.4, 0.5) is 5.95 Å². The van der Waals surface area contributed by atoms with Crippen LogP contribution in [0.3, 0.4) is 0 Å². The van der Waals surface area contributed by atoms with Crippen molar-refractivity contribution in [2.75, 3.05) is 18.9 Å². The molecule has 1 saturated heterocycles. The summed E-state index contributed by atoms with van der Waals surface area (Å²) in [6, 6.07) is 0.550. The highest BCUT2D eigenvalue weighted by molar-refractivity contribution is 7.99. The fraction of sp³-hybridized carbons (Fsp3) is 0.750. The van der Waals surface area contributed by atoms with Crippen molar-refractivity contribution in [1.29, 1.82) is 0 Å². The van der Waals surface area contributed by atoms with Gasteiger partial charge in [0.2, 0.25) is 5.95 Å². The van der Waals surface area contributed by atoms with Crippen LogP contribution in [0.25, 0.3) is 0 Å². The summed E-state index contributed by atoms with van der Waals surface area (Å²) in [5.74, 6) is 0.551. The minimum Gasteiger partial charge on any atom is -0.379 e. The molecule has 3 rings (SSSR count). The van der Waals surface area contributed by atoms with Crippen molar-refractivity contribution in [3.05, 3.63) is 0 Å². The van der Waals surface area contributed by atoms with Gasteiger partial charge in [-0.05, 0) is 12.8 Å². The van der Waals surface area contributed by atoms with E-state index in [1.54, 1.807) is 11.8 Å². The molecule has 1 aromatic heterocycles. The molecule has 5 nitrogen and oxygen atoms in total. The Bertz CT molecular complexity index is 345. The monoisotopic (exact) mass is 212 g/mol. The van der Waals surface area contributed by atoms with Crippen molar-refractivity contribution in [2.45, 2.75) is 29.3 Å². The van der Waals surface area contributed by atoms with Gasteiger partial charge in [0.15, 0.2) is 5.16 Å². The summed E-state index contributed by atoms with van der Waals surface area (Å²) in [7, 11) is 0. The Balaban J connectivity index is 1.81. The molecule has 2 heterocycles. The van der Waals surface area contributed by atoms with Crippen LogP contribution in [0, 0.1) is 0 Å².